The van der Waals surface area contributed by atoms with Crippen molar-refractivity contribution in [3.8, 4) is 6.01 Å². The summed E-state index contributed by atoms with van der Waals surface area (Å²) in [6.45, 7) is -1.99. The van der Waals surface area contributed by atoms with E-state index in [2.05, 4.69) is 36.2 Å². The number of ether oxygens (including phenoxy) is 1. The zero-order chi connectivity index (χ0) is 38.3. The Morgan fingerprint density at radius 1 is 0.925 bits per heavy atom. The van der Waals surface area contributed by atoms with Crippen LogP contribution in [0.1, 0.15) is 40.7 Å². The van der Waals surface area contributed by atoms with E-state index in [1.54, 1.807) is 12.1 Å². The van der Waals surface area contributed by atoms with Crippen LogP contribution in [-0.2, 0) is 26.3 Å². The molecule has 5 N–H and O–H groups in total. The maximum Gasteiger partial charge on any atom is 0.422 e. The van der Waals surface area contributed by atoms with E-state index in [9.17, 15) is 46.2 Å². The molecule has 1 aliphatic rings. The van der Waals surface area contributed by atoms with Gasteiger partial charge in [0.1, 0.15) is 17.7 Å². The SMILES string of the molecule is O=C(Cc1ccc(F)cc1F)C(=O)NCC[C@H](NC(=O)c1ccc(Nc2nc(NC3(c4ccc(Cl)cc4)CC3)nc(OCC(F)(F)F)n2)cc1)C(=O)O. The van der Waals surface area contributed by atoms with E-state index < -0.39 is 72.0 Å². The van der Waals surface area contributed by atoms with E-state index in [4.69, 9.17) is 16.3 Å². The van der Waals surface area contributed by atoms with Crippen LogP contribution in [0.25, 0.3) is 0 Å². The molecular formula is C34H29ClF5N7O6. The number of ketones is 1. The molecule has 13 nitrogen and oxygen atoms in total. The van der Waals surface area contributed by atoms with Gasteiger partial charge in [-0.15, -0.1) is 0 Å². The highest BCUT2D eigenvalue weighted by Crippen LogP contribution is 2.48. The lowest BCUT2D eigenvalue weighted by Crippen LogP contribution is -2.43. The molecule has 4 aromatic rings. The number of benzene rings is 3. The van der Waals surface area contributed by atoms with Gasteiger partial charge < -0.3 is 31.1 Å². The Morgan fingerprint density at radius 2 is 1.60 bits per heavy atom. The third-order valence-electron chi connectivity index (χ3n) is 7.82. The predicted molar refractivity (Wildman–Crippen MR) is 179 cm³/mol. The molecule has 1 saturated carbocycles. The lowest BCUT2D eigenvalue weighted by molar-refractivity contribution is -0.154. The molecule has 0 saturated heterocycles. The van der Waals surface area contributed by atoms with E-state index in [0.29, 0.717) is 29.6 Å². The maximum absolute atomic E-state index is 13.8. The first-order valence-corrected chi connectivity index (χ1v) is 16.1. The number of carboxylic acids is 1. The molecule has 1 aromatic heterocycles. The molecule has 1 aliphatic carbocycles. The Kier molecular flexibility index (Phi) is 11.7. The first kappa shape index (κ1) is 38.3. The molecule has 1 heterocycles. The zero-order valence-electron chi connectivity index (χ0n) is 27.3. The fourth-order valence-corrected chi connectivity index (χ4v) is 5.08. The monoisotopic (exact) mass is 761 g/mol. The van der Waals surface area contributed by atoms with Gasteiger partial charge in [-0.05, 0) is 72.9 Å². The summed E-state index contributed by atoms with van der Waals surface area (Å²) in [4.78, 5) is 61.2. The van der Waals surface area contributed by atoms with Gasteiger partial charge in [-0.1, -0.05) is 29.8 Å². The number of hydrogen-bond acceptors (Lipinski definition) is 10. The minimum absolute atomic E-state index is 0.0215. The quantitative estimate of drug-likeness (QED) is 0.0757. The van der Waals surface area contributed by atoms with Crippen LogP contribution in [0.15, 0.2) is 66.7 Å². The highest BCUT2D eigenvalue weighted by Gasteiger charge is 2.45. The molecule has 0 bridgehead atoms. The van der Waals surface area contributed by atoms with Gasteiger partial charge in [0.25, 0.3) is 11.8 Å². The smallest absolute Gasteiger partial charge is 0.422 e. The Balaban J connectivity index is 1.19. The lowest BCUT2D eigenvalue weighted by Gasteiger charge is -2.19. The van der Waals surface area contributed by atoms with Crippen molar-refractivity contribution in [2.75, 3.05) is 23.8 Å². The summed E-state index contributed by atoms with van der Waals surface area (Å²) in [6, 6.07) is 12.9. The lowest BCUT2D eigenvalue weighted by atomic mass is 10.1. The van der Waals surface area contributed by atoms with Crippen LogP contribution in [0.5, 0.6) is 6.01 Å². The van der Waals surface area contributed by atoms with Gasteiger partial charge in [0.05, 0.1) is 5.54 Å². The number of Topliss-reactive ketones (excluding diaryl/α,β-unsaturated/α-hetero) is 1. The molecule has 0 unspecified atom stereocenters. The second-order valence-electron chi connectivity index (χ2n) is 11.8. The topological polar surface area (TPSA) is 185 Å². The number of hydrogen-bond donors (Lipinski definition) is 5. The predicted octanol–water partition coefficient (Wildman–Crippen LogP) is 5.09. The fourth-order valence-electron chi connectivity index (χ4n) is 4.95. The van der Waals surface area contributed by atoms with E-state index in [-0.39, 0.29) is 36.0 Å². The van der Waals surface area contributed by atoms with Crippen molar-refractivity contribution in [1.82, 2.24) is 25.6 Å². The van der Waals surface area contributed by atoms with E-state index in [1.165, 1.54) is 24.3 Å². The fraction of sp³-hybridized carbons (Fsp3) is 0.265. The third kappa shape index (κ3) is 10.8. The number of carbonyl (C=O) groups excluding carboxylic acids is 3. The molecule has 0 radical (unpaired) electrons. The largest absolute Gasteiger partial charge is 0.480 e. The van der Waals surface area contributed by atoms with Crippen LogP contribution in [0.3, 0.4) is 0 Å². The van der Waals surface area contributed by atoms with E-state index in [0.717, 1.165) is 17.7 Å². The molecule has 19 heteroatoms. The van der Waals surface area contributed by atoms with Gasteiger partial charge in [0.2, 0.25) is 17.7 Å². The first-order valence-electron chi connectivity index (χ1n) is 15.7. The average molecular weight is 762 g/mol. The summed E-state index contributed by atoms with van der Waals surface area (Å²) >= 11 is 6.00. The highest BCUT2D eigenvalue weighted by atomic mass is 35.5. The Labute approximate surface area is 302 Å². The number of carbonyl (C=O) groups is 4. The van der Waals surface area contributed by atoms with Gasteiger partial charge in [-0.25, -0.2) is 13.6 Å². The molecule has 1 fully saturated rings. The first-order chi connectivity index (χ1) is 25.1. The van der Waals surface area contributed by atoms with Gasteiger partial charge in [-0.3, -0.25) is 14.4 Å². The molecule has 1 atom stereocenters. The second kappa shape index (κ2) is 16.2. The summed E-state index contributed by atoms with van der Waals surface area (Å²) in [6.07, 6.45) is -4.26. The number of alkyl halides is 3. The number of aliphatic carboxylic acids is 1. The van der Waals surface area contributed by atoms with Crippen molar-refractivity contribution in [3.63, 3.8) is 0 Å². The molecule has 278 valence electrons. The minimum Gasteiger partial charge on any atom is -0.480 e. The number of nitrogens with zero attached hydrogens (tertiary/aromatic N) is 3. The van der Waals surface area contributed by atoms with Crippen molar-refractivity contribution in [3.05, 3.63) is 100 Å². The Morgan fingerprint density at radius 3 is 2.23 bits per heavy atom. The Hall–Kier alpha value is -5.91. The highest BCUT2D eigenvalue weighted by molar-refractivity contribution is 6.36. The maximum atomic E-state index is 13.8. The number of carboxylic acid groups (broad SMARTS) is 1. The van der Waals surface area contributed by atoms with Crippen molar-refractivity contribution in [1.29, 1.82) is 0 Å². The van der Waals surface area contributed by atoms with Crippen LogP contribution in [0.4, 0.5) is 39.5 Å². The van der Waals surface area contributed by atoms with Crippen LogP contribution in [0.2, 0.25) is 5.02 Å². The molecule has 53 heavy (non-hydrogen) atoms. The normalized spacial score (nSPS) is 13.7. The molecule has 3 aromatic carbocycles. The number of halogens is 6. The van der Waals surface area contributed by atoms with Crippen LogP contribution in [-0.4, -0.2) is 69.0 Å². The zero-order valence-corrected chi connectivity index (χ0v) is 28.0. The van der Waals surface area contributed by atoms with Crippen molar-refractivity contribution < 1.29 is 51.0 Å². The molecular weight excluding hydrogens is 733 g/mol. The molecule has 5 rings (SSSR count). The van der Waals surface area contributed by atoms with Gasteiger partial charge in [0, 0.05) is 35.3 Å². The van der Waals surface area contributed by atoms with Crippen LogP contribution >= 0.6 is 11.6 Å². The molecule has 0 spiro atoms. The number of aromatic nitrogens is 3. The number of nitrogens with one attached hydrogen (secondary N) is 4. The Bertz CT molecular complexity index is 2000. The van der Waals surface area contributed by atoms with Gasteiger partial charge >= 0.3 is 18.2 Å². The summed E-state index contributed by atoms with van der Waals surface area (Å²) in [5.74, 6) is -6.50. The van der Waals surface area contributed by atoms with Crippen LogP contribution < -0.4 is 26.0 Å². The van der Waals surface area contributed by atoms with Gasteiger partial charge in [0.15, 0.2) is 6.61 Å². The van der Waals surface area contributed by atoms with Crippen LogP contribution in [0, 0.1) is 11.6 Å². The third-order valence-corrected chi connectivity index (χ3v) is 8.07. The standard InChI is InChI=1S/C34H29ClF5N7O6/c35-21-6-4-20(5-7-21)33(12-13-33)47-31-44-30(45-32(46-31)53-17-34(38,39)40)42-23-9-2-18(3-10-23)27(49)43-25(29(51)52)11-14-41-28(50)26(48)15-19-1-8-22(36)16-24(19)37/h1-10,16,25H,11-15,17H2,(H,41,50)(H,43,49)(H,51,52)(H2,42,44,45,46,47)/t25-/m0/s1. The number of rotatable bonds is 16. The molecule has 2 amide bonds. The van der Waals surface area contributed by atoms with E-state index in [1.807, 2.05) is 12.1 Å². The summed E-state index contributed by atoms with van der Waals surface area (Å²) in [5, 5.41) is 20.6. The average Bonchev–Trinajstić information content (AvgIpc) is 3.88. The van der Waals surface area contributed by atoms with Gasteiger partial charge in [-0.2, -0.15) is 28.1 Å². The summed E-state index contributed by atoms with van der Waals surface area (Å²) in [5.41, 5.74) is 0.400. The molecule has 0 aliphatic heterocycles. The second-order valence-corrected chi connectivity index (χ2v) is 12.3. The van der Waals surface area contributed by atoms with Crippen molar-refractivity contribution >= 4 is 52.8 Å². The summed E-state index contributed by atoms with van der Waals surface area (Å²) in [7, 11) is 0. The minimum atomic E-state index is -4.66. The van der Waals surface area contributed by atoms with E-state index >= 15 is 0 Å². The van der Waals surface area contributed by atoms with Crippen molar-refractivity contribution in [2.45, 2.75) is 43.4 Å². The summed E-state index contributed by atoms with van der Waals surface area (Å²) < 4.78 is 70.4. The number of anilines is 3. The van der Waals surface area contributed by atoms with Crippen molar-refractivity contribution in [2.24, 2.45) is 0 Å². The number of amides is 2.